The van der Waals surface area contributed by atoms with Crippen LogP contribution in [0.2, 0.25) is 0 Å². The van der Waals surface area contributed by atoms with Gasteiger partial charge in [0.2, 0.25) is 10.0 Å². The van der Waals surface area contributed by atoms with Gasteiger partial charge in [-0.3, -0.25) is 0 Å². The minimum atomic E-state index is -3.53. The fourth-order valence-electron chi connectivity index (χ4n) is 2.47. The Bertz CT molecular complexity index is 619. The van der Waals surface area contributed by atoms with Gasteiger partial charge >= 0.3 is 0 Å². The molecule has 1 N–H and O–H groups in total. The van der Waals surface area contributed by atoms with E-state index in [1.54, 1.807) is 23.4 Å². The van der Waals surface area contributed by atoms with Crippen LogP contribution in [0.15, 0.2) is 21.5 Å². The van der Waals surface area contributed by atoms with E-state index >= 15 is 0 Å². The Morgan fingerprint density at radius 3 is 2.62 bits per heavy atom. The maximum Gasteiger partial charge on any atom is 0.243 e. The van der Waals surface area contributed by atoms with Gasteiger partial charge in [-0.1, -0.05) is 15.9 Å². The summed E-state index contributed by atoms with van der Waals surface area (Å²) in [7, 11) is -1.52. The highest BCUT2D eigenvalue weighted by molar-refractivity contribution is 9.10. The largest absolute Gasteiger partial charge is 0.392 e. The Morgan fingerprint density at radius 2 is 1.95 bits per heavy atom. The zero-order valence-electron chi connectivity index (χ0n) is 12.3. The molecule has 0 spiro atoms. The number of nitrogens with zero attached hydrogens (tertiary/aromatic N) is 2. The van der Waals surface area contributed by atoms with Crippen molar-refractivity contribution >= 4 is 26.0 Å². The van der Waals surface area contributed by atoms with Gasteiger partial charge in [0.25, 0.3) is 0 Å². The standard InChI is InChI=1S/C14H21BrN2O3S/c1-11-13(15)8-12(10-18)9-14(11)21(19,20)17-5-3-4-16(2)6-7-17/h8-9,18H,3-7,10H2,1-2H3. The molecule has 2 rings (SSSR count). The molecule has 7 heteroatoms. The molecular formula is C14H21BrN2O3S. The monoisotopic (exact) mass is 376 g/mol. The molecule has 0 aromatic heterocycles. The van der Waals surface area contributed by atoms with E-state index < -0.39 is 10.0 Å². The van der Waals surface area contributed by atoms with Crippen molar-refractivity contribution in [2.75, 3.05) is 33.2 Å². The van der Waals surface area contributed by atoms with Gasteiger partial charge in [0, 0.05) is 24.1 Å². The molecule has 1 aromatic rings. The van der Waals surface area contributed by atoms with Gasteiger partial charge in [0.1, 0.15) is 0 Å². The molecule has 0 amide bonds. The maximum absolute atomic E-state index is 12.9. The molecular weight excluding hydrogens is 356 g/mol. The lowest BCUT2D eigenvalue weighted by Gasteiger charge is -2.22. The Hall–Kier alpha value is -0.470. The highest BCUT2D eigenvalue weighted by atomic mass is 79.9. The van der Waals surface area contributed by atoms with Gasteiger partial charge in [-0.2, -0.15) is 4.31 Å². The van der Waals surface area contributed by atoms with Crippen LogP contribution < -0.4 is 0 Å². The normalized spacial score (nSPS) is 18.7. The third-order valence-corrected chi connectivity index (χ3v) is 6.68. The second kappa shape index (κ2) is 6.75. The van der Waals surface area contributed by atoms with Gasteiger partial charge in [-0.25, -0.2) is 8.42 Å². The minimum Gasteiger partial charge on any atom is -0.392 e. The van der Waals surface area contributed by atoms with Gasteiger partial charge in [0.05, 0.1) is 11.5 Å². The lowest BCUT2D eigenvalue weighted by molar-refractivity contribution is 0.281. The number of aliphatic hydroxyl groups is 1. The van der Waals surface area contributed by atoms with Crippen molar-refractivity contribution in [2.24, 2.45) is 0 Å². The average molecular weight is 377 g/mol. The summed E-state index contributed by atoms with van der Waals surface area (Å²) < 4.78 is 28.0. The predicted octanol–water partition coefficient (Wildman–Crippen LogP) is 1.58. The molecule has 1 fully saturated rings. The molecule has 0 saturated carbocycles. The van der Waals surface area contributed by atoms with Crippen molar-refractivity contribution in [3.63, 3.8) is 0 Å². The zero-order chi connectivity index (χ0) is 15.6. The molecule has 1 aliphatic rings. The summed E-state index contributed by atoms with van der Waals surface area (Å²) in [5.74, 6) is 0. The number of rotatable bonds is 3. The van der Waals surface area contributed by atoms with Crippen molar-refractivity contribution in [1.82, 2.24) is 9.21 Å². The number of hydrogen-bond donors (Lipinski definition) is 1. The smallest absolute Gasteiger partial charge is 0.243 e. The Morgan fingerprint density at radius 1 is 1.24 bits per heavy atom. The van der Waals surface area contributed by atoms with Crippen LogP contribution in [0.3, 0.4) is 0 Å². The summed E-state index contributed by atoms with van der Waals surface area (Å²) in [5, 5.41) is 9.30. The lowest BCUT2D eigenvalue weighted by atomic mass is 10.2. The van der Waals surface area contributed by atoms with Crippen molar-refractivity contribution in [3.8, 4) is 0 Å². The highest BCUT2D eigenvalue weighted by Gasteiger charge is 2.28. The van der Waals surface area contributed by atoms with Gasteiger partial charge < -0.3 is 10.0 Å². The van der Waals surface area contributed by atoms with Crippen LogP contribution in [0.4, 0.5) is 0 Å². The zero-order valence-corrected chi connectivity index (χ0v) is 14.7. The molecule has 0 bridgehead atoms. The molecule has 118 valence electrons. The first kappa shape index (κ1) is 16.9. The van der Waals surface area contributed by atoms with Crippen molar-refractivity contribution in [2.45, 2.75) is 24.8 Å². The van der Waals surface area contributed by atoms with Crippen LogP contribution in [0.25, 0.3) is 0 Å². The maximum atomic E-state index is 12.9. The number of likely N-dealkylation sites (N-methyl/N-ethyl adjacent to an activating group) is 1. The van der Waals surface area contributed by atoms with E-state index in [1.165, 1.54) is 0 Å². The topological polar surface area (TPSA) is 60.9 Å². The van der Waals surface area contributed by atoms with Gasteiger partial charge in [-0.05, 0) is 50.2 Å². The number of aliphatic hydroxyl groups excluding tert-OH is 1. The van der Waals surface area contributed by atoms with Crippen LogP contribution in [-0.2, 0) is 16.6 Å². The summed E-state index contributed by atoms with van der Waals surface area (Å²) in [6.45, 7) is 4.28. The van der Waals surface area contributed by atoms with Gasteiger partial charge in [-0.15, -0.1) is 0 Å². The Labute approximate surface area is 134 Å². The van der Waals surface area contributed by atoms with E-state index in [1.807, 2.05) is 7.05 Å². The van der Waals surface area contributed by atoms with Crippen molar-refractivity contribution in [1.29, 1.82) is 0 Å². The number of sulfonamides is 1. The predicted molar refractivity (Wildman–Crippen MR) is 85.7 cm³/mol. The third kappa shape index (κ3) is 3.65. The quantitative estimate of drug-likeness (QED) is 0.869. The van der Waals surface area contributed by atoms with E-state index in [9.17, 15) is 13.5 Å². The van der Waals surface area contributed by atoms with Crippen LogP contribution in [0.1, 0.15) is 17.5 Å². The van der Waals surface area contributed by atoms with E-state index in [0.717, 1.165) is 19.5 Å². The second-order valence-corrected chi connectivity index (χ2v) is 8.18. The summed E-state index contributed by atoms with van der Waals surface area (Å²) in [6, 6.07) is 3.33. The number of halogens is 1. The highest BCUT2D eigenvalue weighted by Crippen LogP contribution is 2.28. The van der Waals surface area contributed by atoms with E-state index in [2.05, 4.69) is 20.8 Å². The molecule has 5 nitrogen and oxygen atoms in total. The molecule has 0 atom stereocenters. The van der Waals surface area contributed by atoms with Crippen molar-refractivity contribution in [3.05, 3.63) is 27.7 Å². The van der Waals surface area contributed by atoms with E-state index in [0.29, 0.717) is 28.7 Å². The second-order valence-electron chi connectivity index (χ2n) is 5.42. The lowest BCUT2D eigenvalue weighted by Crippen LogP contribution is -2.35. The minimum absolute atomic E-state index is 0.176. The summed E-state index contributed by atoms with van der Waals surface area (Å²) >= 11 is 3.38. The molecule has 0 radical (unpaired) electrons. The van der Waals surface area contributed by atoms with Gasteiger partial charge in [0.15, 0.2) is 0 Å². The summed E-state index contributed by atoms with van der Waals surface area (Å²) in [4.78, 5) is 2.42. The number of benzene rings is 1. The summed E-state index contributed by atoms with van der Waals surface area (Å²) in [6.07, 6.45) is 0.829. The first-order valence-electron chi connectivity index (χ1n) is 6.95. The Kier molecular flexibility index (Phi) is 5.43. The average Bonchev–Trinajstić information content (AvgIpc) is 2.66. The first-order chi connectivity index (χ1) is 9.86. The van der Waals surface area contributed by atoms with Crippen LogP contribution in [0, 0.1) is 6.92 Å². The molecule has 1 aliphatic heterocycles. The molecule has 1 aromatic carbocycles. The van der Waals surface area contributed by atoms with Crippen LogP contribution in [0.5, 0.6) is 0 Å². The fraction of sp³-hybridized carbons (Fsp3) is 0.571. The van der Waals surface area contributed by atoms with Crippen LogP contribution in [-0.4, -0.2) is 56.0 Å². The molecule has 0 aliphatic carbocycles. The molecule has 0 unspecified atom stereocenters. The summed E-state index contributed by atoms with van der Waals surface area (Å²) in [5.41, 5.74) is 1.28. The molecule has 1 saturated heterocycles. The van der Waals surface area contributed by atoms with E-state index in [4.69, 9.17) is 0 Å². The number of hydrogen-bond acceptors (Lipinski definition) is 4. The molecule has 21 heavy (non-hydrogen) atoms. The van der Waals surface area contributed by atoms with Crippen LogP contribution >= 0.6 is 15.9 Å². The van der Waals surface area contributed by atoms with E-state index in [-0.39, 0.29) is 11.5 Å². The SMILES string of the molecule is Cc1c(Br)cc(CO)cc1S(=O)(=O)N1CCCN(C)CC1. The van der Waals surface area contributed by atoms with Crippen molar-refractivity contribution < 1.29 is 13.5 Å². The molecule has 1 heterocycles. The Balaban J connectivity index is 2.41. The first-order valence-corrected chi connectivity index (χ1v) is 9.18. The fourth-order valence-corrected chi connectivity index (χ4v) is 4.87. The third-order valence-electron chi connectivity index (χ3n) is 3.84.